The Morgan fingerprint density at radius 3 is 1.83 bits per heavy atom. The predicted molar refractivity (Wildman–Crippen MR) is 115 cm³/mol. The molecule has 0 rings (SSSR count). The lowest BCUT2D eigenvalue weighted by Crippen LogP contribution is -2.14. The van der Waals surface area contributed by atoms with Crippen LogP contribution in [-0.2, 0) is 28.6 Å². The fraction of sp³-hybridized carbons (Fsp3) is 0.625. The molecule has 0 radical (unpaired) electrons. The average Bonchev–Trinajstić information content (AvgIpc) is 2.67. The zero-order valence-electron chi connectivity index (χ0n) is 18.5. The van der Waals surface area contributed by atoms with Crippen molar-refractivity contribution in [3.05, 3.63) is 12.7 Å². The van der Waals surface area contributed by atoms with E-state index in [0.717, 1.165) is 51.4 Å². The van der Waals surface area contributed by atoms with Gasteiger partial charge >= 0.3 is 17.9 Å². The van der Waals surface area contributed by atoms with Crippen molar-refractivity contribution in [2.24, 2.45) is 0 Å². The van der Waals surface area contributed by atoms with Crippen LogP contribution in [0.5, 0.6) is 0 Å². The molecule has 0 spiro atoms. The topological polar surface area (TPSA) is 78.9 Å². The van der Waals surface area contributed by atoms with Gasteiger partial charge in [0.25, 0.3) is 0 Å². The van der Waals surface area contributed by atoms with Crippen molar-refractivity contribution in [1.29, 1.82) is 0 Å². The van der Waals surface area contributed by atoms with Gasteiger partial charge < -0.3 is 14.2 Å². The van der Waals surface area contributed by atoms with E-state index in [1.165, 1.54) is 26.8 Å². The summed E-state index contributed by atoms with van der Waals surface area (Å²) in [5.41, 5.74) is 0. The van der Waals surface area contributed by atoms with Crippen LogP contribution in [0.3, 0.4) is 0 Å². The molecule has 0 saturated carbocycles. The Bertz CT molecular complexity index is 659. The fourth-order valence-corrected chi connectivity index (χ4v) is 2.61. The van der Waals surface area contributed by atoms with Gasteiger partial charge in [-0.3, -0.25) is 14.4 Å². The first-order valence-corrected chi connectivity index (χ1v) is 10.5. The smallest absolute Gasteiger partial charge is 0.304 e. The van der Waals surface area contributed by atoms with Crippen molar-refractivity contribution >= 4 is 17.9 Å². The zero-order valence-corrected chi connectivity index (χ0v) is 18.5. The molecular formula is C24H34O6. The number of hydrogen-bond acceptors (Lipinski definition) is 6. The highest BCUT2D eigenvalue weighted by Crippen LogP contribution is 2.12. The van der Waals surface area contributed by atoms with Crippen LogP contribution in [0, 0.1) is 23.7 Å². The van der Waals surface area contributed by atoms with Gasteiger partial charge in [0.1, 0.15) is 0 Å². The van der Waals surface area contributed by atoms with Crippen LogP contribution in [0.15, 0.2) is 12.7 Å². The lowest BCUT2D eigenvalue weighted by Gasteiger charge is -2.10. The maximum atomic E-state index is 11.3. The van der Waals surface area contributed by atoms with E-state index in [0.29, 0.717) is 13.0 Å². The summed E-state index contributed by atoms with van der Waals surface area (Å²) in [4.78, 5) is 32.8. The number of carbonyl (C=O) groups excluding carboxylic acids is 3. The molecular weight excluding hydrogens is 384 g/mol. The van der Waals surface area contributed by atoms with Crippen molar-refractivity contribution in [2.75, 3.05) is 6.61 Å². The molecule has 0 fully saturated rings. The third kappa shape index (κ3) is 18.6. The lowest BCUT2D eigenvalue weighted by atomic mass is 10.1. The molecule has 0 amide bonds. The van der Waals surface area contributed by atoms with Crippen molar-refractivity contribution in [3.63, 3.8) is 0 Å². The average molecular weight is 419 g/mol. The molecule has 0 bridgehead atoms. The number of unbranched alkanes of at least 4 members (excludes halogenated alkanes) is 7. The summed E-state index contributed by atoms with van der Waals surface area (Å²) in [5.74, 6) is 9.76. The van der Waals surface area contributed by atoms with E-state index in [-0.39, 0.29) is 11.9 Å². The minimum absolute atomic E-state index is 0.221. The molecule has 0 aliphatic carbocycles. The Balaban J connectivity index is 4.10. The maximum Gasteiger partial charge on any atom is 0.304 e. The molecule has 30 heavy (non-hydrogen) atoms. The highest BCUT2D eigenvalue weighted by molar-refractivity contribution is 5.67. The van der Waals surface area contributed by atoms with E-state index < -0.39 is 18.2 Å². The van der Waals surface area contributed by atoms with E-state index >= 15 is 0 Å². The van der Waals surface area contributed by atoms with Crippen LogP contribution in [0.4, 0.5) is 0 Å². The Morgan fingerprint density at radius 1 is 0.767 bits per heavy atom. The minimum Gasteiger partial charge on any atom is -0.466 e. The summed E-state index contributed by atoms with van der Waals surface area (Å²) >= 11 is 0. The van der Waals surface area contributed by atoms with E-state index in [1.807, 2.05) is 0 Å². The van der Waals surface area contributed by atoms with Gasteiger partial charge in [-0.2, -0.15) is 0 Å². The summed E-state index contributed by atoms with van der Waals surface area (Å²) in [5, 5.41) is 0. The molecule has 0 N–H and O–H groups in total. The van der Waals surface area contributed by atoms with E-state index in [4.69, 9.17) is 14.2 Å². The molecule has 2 atom stereocenters. The van der Waals surface area contributed by atoms with Crippen LogP contribution in [-0.4, -0.2) is 36.7 Å². The number of carbonyl (C=O) groups is 3. The van der Waals surface area contributed by atoms with Gasteiger partial charge in [-0.05, 0) is 49.0 Å². The highest BCUT2D eigenvalue weighted by atomic mass is 16.5. The van der Waals surface area contributed by atoms with Gasteiger partial charge in [-0.25, -0.2) is 0 Å². The van der Waals surface area contributed by atoms with E-state index in [1.54, 1.807) is 0 Å². The molecule has 0 aromatic heterocycles. The van der Waals surface area contributed by atoms with Crippen LogP contribution in [0.2, 0.25) is 0 Å². The lowest BCUT2D eigenvalue weighted by molar-refractivity contribution is -0.144. The Hall–Kier alpha value is -2.73. The molecule has 0 unspecified atom stereocenters. The van der Waals surface area contributed by atoms with Gasteiger partial charge in [0.15, 0.2) is 12.2 Å². The van der Waals surface area contributed by atoms with Gasteiger partial charge in [0.2, 0.25) is 0 Å². The predicted octanol–water partition coefficient (Wildman–Crippen LogP) is 4.12. The van der Waals surface area contributed by atoms with Gasteiger partial charge in [-0.1, -0.05) is 45.1 Å². The highest BCUT2D eigenvalue weighted by Gasteiger charge is 2.08. The van der Waals surface area contributed by atoms with Crippen molar-refractivity contribution < 1.29 is 28.6 Å². The van der Waals surface area contributed by atoms with Gasteiger partial charge in [0.05, 0.1) is 6.61 Å². The van der Waals surface area contributed by atoms with Crippen LogP contribution < -0.4 is 0 Å². The molecule has 0 aliphatic heterocycles. The summed E-state index contributed by atoms with van der Waals surface area (Å²) in [6.45, 7) is 8.14. The fourth-order valence-electron chi connectivity index (χ4n) is 2.61. The first-order chi connectivity index (χ1) is 14.3. The molecule has 0 saturated heterocycles. The first kappa shape index (κ1) is 27.3. The van der Waals surface area contributed by atoms with E-state index in [9.17, 15) is 14.4 Å². The normalized spacial score (nSPS) is 11.6. The first-order valence-electron chi connectivity index (χ1n) is 10.5. The second kappa shape index (κ2) is 18.3. The van der Waals surface area contributed by atoms with Crippen molar-refractivity contribution in [1.82, 2.24) is 0 Å². The minimum atomic E-state index is -0.703. The maximum absolute atomic E-state index is 11.3. The molecule has 0 aromatic rings. The quantitative estimate of drug-likeness (QED) is 0.139. The van der Waals surface area contributed by atoms with Gasteiger partial charge in [-0.15, -0.1) is 0 Å². The third-order valence-electron chi connectivity index (χ3n) is 3.99. The third-order valence-corrected chi connectivity index (χ3v) is 3.99. The second-order valence-electron chi connectivity index (χ2n) is 6.86. The molecule has 6 nitrogen and oxygen atoms in total. The standard InChI is InChI=1S/C24H34O6/c1-5-23(29-21(3)26)16-13-14-18-24(30-22(4)27)17-12-10-8-6-7-9-11-15-19-28-20(2)25/h5,23-24H,1,6-12,15,17,19H2,2-4H3/t23-,24-/m0/s1. The van der Waals surface area contributed by atoms with Gasteiger partial charge in [0, 0.05) is 20.8 Å². The monoisotopic (exact) mass is 418 g/mol. The Labute approximate surface area is 180 Å². The van der Waals surface area contributed by atoms with Crippen molar-refractivity contribution in [2.45, 2.75) is 90.8 Å². The number of rotatable bonds is 14. The van der Waals surface area contributed by atoms with Crippen LogP contribution in [0.25, 0.3) is 0 Å². The number of esters is 3. The van der Waals surface area contributed by atoms with Crippen LogP contribution >= 0.6 is 0 Å². The summed E-state index contributed by atoms with van der Waals surface area (Å²) < 4.78 is 15.0. The summed E-state index contributed by atoms with van der Waals surface area (Å²) in [7, 11) is 0. The van der Waals surface area contributed by atoms with Crippen molar-refractivity contribution in [3.8, 4) is 23.7 Å². The number of ether oxygens (including phenoxy) is 3. The molecule has 0 heterocycles. The zero-order chi connectivity index (χ0) is 22.6. The van der Waals surface area contributed by atoms with Crippen LogP contribution in [0.1, 0.15) is 78.6 Å². The Morgan fingerprint density at radius 2 is 1.30 bits per heavy atom. The molecule has 166 valence electrons. The summed E-state index contributed by atoms with van der Waals surface area (Å²) in [6.07, 6.45) is 9.40. The SMILES string of the molecule is C=C[C@@H](C#CC#C[C@H](CCCCCCCCCCOC(C)=O)OC(C)=O)OC(C)=O. The second-order valence-corrected chi connectivity index (χ2v) is 6.86. The largest absolute Gasteiger partial charge is 0.466 e. The van der Waals surface area contributed by atoms with E-state index in [2.05, 4.69) is 30.3 Å². The molecule has 0 aliphatic rings. The Kier molecular flexibility index (Phi) is 16.6. The molecule has 0 aromatic carbocycles. The number of hydrogen-bond donors (Lipinski definition) is 0. The molecule has 6 heteroatoms. The summed E-state index contributed by atoms with van der Waals surface area (Å²) in [6, 6.07) is 0.